The SMILES string of the molecule is CCCC(O)CNC(=O)c1nn(-c2cccc(Cl)c2)nc1C. The van der Waals surface area contributed by atoms with Crippen LogP contribution in [0.25, 0.3) is 5.69 Å². The van der Waals surface area contributed by atoms with Gasteiger partial charge in [0.1, 0.15) is 0 Å². The van der Waals surface area contributed by atoms with E-state index in [0.717, 1.165) is 6.42 Å². The Balaban J connectivity index is 2.11. The fraction of sp³-hybridized carbons (Fsp3) is 0.400. The van der Waals surface area contributed by atoms with Gasteiger partial charge in [0.05, 0.1) is 17.5 Å². The topological polar surface area (TPSA) is 80.0 Å². The Morgan fingerprint density at radius 1 is 1.45 bits per heavy atom. The molecular formula is C15H19ClN4O2. The van der Waals surface area contributed by atoms with E-state index in [2.05, 4.69) is 15.5 Å². The Morgan fingerprint density at radius 2 is 2.23 bits per heavy atom. The molecule has 22 heavy (non-hydrogen) atoms. The molecule has 0 bridgehead atoms. The van der Waals surface area contributed by atoms with Gasteiger partial charge in [0.2, 0.25) is 0 Å². The molecule has 1 heterocycles. The van der Waals surface area contributed by atoms with Crippen molar-refractivity contribution >= 4 is 17.5 Å². The number of aryl methyl sites for hydroxylation is 1. The Morgan fingerprint density at radius 3 is 2.91 bits per heavy atom. The number of nitrogens with zero attached hydrogens (tertiary/aromatic N) is 3. The van der Waals surface area contributed by atoms with Crippen LogP contribution in [0.3, 0.4) is 0 Å². The number of halogens is 1. The van der Waals surface area contributed by atoms with Gasteiger partial charge in [0.15, 0.2) is 5.69 Å². The first-order valence-corrected chi connectivity index (χ1v) is 7.55. The summed E-state index contributed by atoms with van der Waals surface area (Å²) in [6.07, 6.45) is 0.965. The van der Waals surface area contributed by atoms with Crippen LogP contribution in [0, 0.1) is 6.92 Å². The number of rotatable bonds is 6. The van der Waals surface area contributed by atoms with Crippen LogP contribution < -0.4 is 5.32 Å². The van der Waals surface area contributed by atoms with Gasteiger partial charge >= 0.3 is 0 Å². The molecule has 1 aromatic heterocycles. The summed E-state index contributed by atoms with van der Waals surface area (Å²) in [5.74, 6) is -0.346. The molecule has 1 atom stereocenters. The van der Waals surface area contributed by atoms with E-state index in [9.17, 15) is 9.90 Å². The minimum Gasteiger partial charge on any atom is -0.391 e. The number of nitrogens with one attached hydrogen (secondary N) is 1. The molecule has 0 saturated heterocycles. The van der Waals surface area contributed by atoms with Gasteiger partial charge in [0, 0.05) is 11.6 Å². The number of amides is 1. The lowest BCUT2D eigenvalue weighted by molar-refractivity contribution is 0.0904. The van der Waals surface area contributed by atoms with Crippen molar-refractivity contribution in [3.05, 3.63) is 40.7 Å². The number of benzene rings is 1. The van der Waals surface area contributed by atoms with Gasteiger partial charge in [-0.3, -0.25) is 4.79 Å². The number of aliphatic hydroxyl groups is 1. The predicted molar refractivity (Wildman–Crippen MR) is 84.4 cm³/mol. The smallest absolute Gasteiger partial charge is 0.273 e. The first-order valence-electron chi connectivity index (χ1n) is 7.17. The zero-order valence-corrected chi connectivity index (χ0v) is 13.3. The number of carbonyl (C=O) groups is 1. The first kappa shape index (κ1) is 16.5. The Kier molecular flexibility index (Phi) is 5.51. The van der Waals surface area contributed by atoms with Gasteiger partial charge in [0.25, 0.3) is 5.91 Å². The van der Waals surface area contributed by atoms with Crippen molar-refractivity contribution in [1.29, 1.82) is 0 Å². The average Bonchev–Trinajstić information content (AvgIpc) is 2.87. The van der Waals surface area contributed by atoms with Crippen molar-refractivity contribution < 1.29 is 9.90 Å². The van der Waals surface area contributed by atoms with Crippen molar-refractivity contribution in [2.75, 3.05) is 6.54 Å². The third kappa shape index (κ3) is 4.05. The lowest BCUT2D eigenvalue weighted by atomic mass is 10.2. The van der Waals surface area contributed by atoms with Crippen LogP contribution in [0.4, 0.5) is 0 Å². The third-order valence-electron chi connectivity index (χ3n) is 3.16. The fourth-order valence-electron chi connectivity index (χ4n) is 2.03. The van der Waals surface area contributed by atoms with Crippen LogP contribution in [0.1, 0.15) is 35.9 Å². The molecule has 0 radical (unpaired) electrons. The average molecular weight is 323 g/mol. The van der Waals surface area contributed by atoms with Gasteiger partial charge in [-0.15, -0.1) is 5.10 Å². The summed E-state index contributed by atoms with van der Waals surface area (Å²) in [6.45, 7) is 3.90. The number of aromatic nitrogens is 3. The molecule has 2 N–H and O–H groups in total. The van der Waals surface area contributed by atoms with E-state index in [1.54, 1.807) is 31.2 Å². The lowest BCUT2D eigenvalue weighted by Gasteiger charge is -2.09. The molecule has 0 fully saturated rings. The normalized spacial score (nSPS) is 12.2. The van der Waals surface area contributed by atoms with Crippen molar-refractivity contribution in [2.24, 2.45) is 0 Å². The lowest BCUT2D eigenvalue weighted by Crippen LogP contribution is -2.32. The summed E-state index contributed by atoms with van der Waals surface area (Å²) in [6, 6.07) is 7.06. The van der Waals surface area contributed by atoms with Gasteiger partial charge in [-0.1, -0.05) is 31.0 Å². The second kappa shape index (κ2) is 7.38. The van der Waals surface area contributed by atoms with Crippen LogP contribution in [0.5, 0.6) is 0 Å². The molecular weight excluding hydrogens is 304 g/mol. The molecule has 118 valence electrons. The van der Waals surface area contributed by atoms with E-state index in [4.69, 9.17) is 11.6 Å². The largest absolute Gasteiger partial charge is 0.391 e. The van der Waals surface area contributed by atoms with E-state index in [1.807, 2.05) is 6.92 Å². The second-order valence-corrected chi connectivity index (χ2v) is 5.49. The summed E-state index contributed by atoms with van der Waals surface area (Å²) in [7, 11) is 0. The van der Waals surface area contributed by atoms with Gasteiger partial charge in [-0.2, -0.15) is 9.90 Å². The predicted octanol–water partition coefficient (Wildman–Crippen LogP) is 2.12. The van der Waals surface area contributed by atoms with Gasteiger partial charge in [-0.25, -0.2) is 0 Å². The first-order chi connectivity index (χ1) is 10.5. The van der Waals surface area contributed by atoms with E-state index < -0.39 is 6.10 Å². The maximum atomic E-state index is 12.1. The maximum Gasteiger partial charge on any atom is 0.273 e. The van der Waals surface area contributed by atoms with Gasteiger partial charge in [-0.05, 0) is 31.5 Å². The van der Waals surface area contributed by atoms with Gasteiger partial charge < -0.3 is 10.4 Å². The highest BCUT2D eigenvalue weighted by atomic mass is 35.5. The number of hydrogen-bond donors (Lipinski definition) is 2. The summed E-state index contributed by atoms with van der Waals surface area (Å²) >= 11 is 5.94. The Labute approximate surface area is 134 Å². The standard InChI is InChI=1S/C15H19ClN4O2/c1-3-5-13(21)9-17-15(22)14-10(2)18-20(19-14)12-7-4-6-11(16)8-12/h4,6-8,13,21H,3,5,9H2,1-2H3,(H,17,22). The summed E-state index contributed by atoms with van der Waals surface area (Å²) in [4.78, 5) is 13.5. The zero-order chi connectivity index (χ0) is 16.1. The van der Waals surface area contributed by atoms with E-state index in [1.165, 1.54) is 4.80 Å². The minimum absolute atomic E-state index is 0.205. The maximum absolute atomic E-state index is 12.1. The molecule has 0 saturated carbocycles. The molecule has 1 aromatic carbocycles. The highest BCUT2D eigenvalue weighted by molar-refractivity contribution is 6.30. The molecule has 0 spiro atoms. The minimum atomic E-state index is -0.544. The molecule has 0 aliphatic carbocycles. The number of hydrogen-bond acceptors (Lipinski definition) is 4. The fourth-order valence-corrected chi connectivity index (χ4v) is 2.22. The van der Waals surface area contributed by atoms with E-state index in [-0.39, 0.29) is 18.1 Å². The quantitative estimate of drug-likeness (QED) is 0.853. The molecule has 1 amide bonds. The van der Waals surface area contributed by atoms with Crippen LogP contribution in [-0.4, -0.2) is 38.7 Å². The van der Waals surface area contributed by atoms with Crippen molar-refractivity contribution in [3.63, 3.8) is 0 Å². The molecule has 6 nitrogen and oxygen atoms in total. The van der Waals surface area contributed by atoms with Crippen molar-refractivity contribution in [3.8, 4) is 5.69 Å². The van der Waals surface area contributed by atoms with Crippen molar-refractivity contribution in [1.82, 2.24) is 20.3 Å². The summed E-state index contributed by atoms with van der Waals surface area (Å²) in [5.41, 5.74) is 1.44. The van der Waals surface area contributed by atoms with Crippen LogP contribution in [-0.2, 0) is 0 Å². The number of carbonyl (C=O) groups excluding carboxylic acids is 1. The molecule has 0 aliphatic heterocycles. The zero-order valence-electron chi connectivity index (χ0n) is 12.6. The van der Waals surface area contributed by atoms with E-state index >= 15 is 0 Å². The van der Waals surface area contributed by atoms with Crippen LogP contribution in [0.2, 0.25) is 5.02 Å². The van der Waals surface area contributed by atoms with Crippen LogP contribution in [0.15, 0.2) is 24.3 Å². The molecule has 0 aliphatic rings. The monoisotopic (exact) mass is 322 g/mol. The van der Waals surface area contributed by atoms with Crippen molar-refractivity contribution in [2.45, 2.75) is 32.8 Å². The van der Waals surface area contributed by atoms with E-state index in [0.29, 0.717) is 22.8 Å². The highest BCUT2D eigenvalue weighted by Gasteiger charge is 2.17. The van der Waals surface area contributed by atoms with Crippen LogP contribution >= 0.6 is 11.6 Å². The number of aliphatic hydroxyl groups excluding tert-OH is 1. The molecule has 2 aromatic rings. The second-order valence-electron chi connectivity index (χ2n) is 5.06. The summed E-state index contributed by atoms with van der Waals surface area (Å²) < 4.78 is 0. The Bertz CT molecular complexity index is 657. The highest BCUT2D eigenvalue weighted by Crippen LogP contribution is 2.14. The summed E-state index contributed by atoms with van der Waals surface area (Å²) in [5, 5.41) is 21.3. The Hall–Kier alpha value is -1.92. The third-order valence-corrected chi connectivity index (χ3v) is 3.39. The molecule has 7 heteroatoms. The molecule has 1 unspecified atom stereocenters. The molecule has 2 rings (SSSR count).